The first-order valence-electron chi connectivity index (χ1n) is 13.1. The molecule has 0 radical (unpaired) electrons. The maximum absolute atomic E-state index is 13.3. The van der Waals surface area contributed by atoms with E-state index >= 15 is 0 Å². The fourth-order valence-corrected chi connectivity index (χ4v) is 4.62. The van der Waals surface area contributed by atoms with E-state index in [1.54, 1.807) is 54.8 Å². The van der Waals surface area contributed by atoms with Crippen LogP contribution in [0.2, 0.25) is 0 Å². The molecule has 0 saturated carbocycles. The van der Waals surface area contributed by atoms with Gasteiger partial charge >= 0.3 is 0 Å². The molecule has 4 aromatic carbocycles. The molecular weight excluding hydrogens is 516 g/mol. The summed E-state index contributed by atoms with van der Waals surface area (Å²) < 4.78 is 13.0. The molecular formula is C33H26N4O4. The van der Waals surface area contributed by atoms with Crippen molar-refractivity contribution in [2.75, 3.05) is 6.79 Å². The van der Waals surface area contributed by atoms with Crippen LogP contribution in [0.3, 0.4) is 0 Å². The lowest BCUT2D eigenvalue weighted by molar-refractivity contribution is -0.117. The number of hydrogen-bond acceptors (Lipinski definition) is 5. The highest BCUT2D eigenvalue weighted by molar-refractivity contribution is 6.06. The third-order valence-corrected chi connectivity index (χ3v) is 6.62. The number of ether oxygens (including phenoxy) is 2. The molecule has 0 spiro atoms. The summed E-state index contributed by atoms with van der Waals surface area (Å²) in [6.07, 6.45) is 5.19. The van der Waals surface area contributed by atoms with Gasteiger partial charge in [0.1, 0.15) is 5.70 Å². The van der Waals surface area contributed by atoms with Crippen molar-refractivity contribution in [1.82, 2.24) is 15.3 Å². The molecule has 2 amide bonds. The summed E-state index contributed by atoms with van der Waals surface area (Å²) in [5.41, 5.74) is 6.76. The van der Waals surface area contributed by atoms with Crippen LogP contribution < -0.4 is 20.2 Å². The summed E-state index contributed by atoms with van der Waals surface area (Å²) in [5.74, 6) is 0.201. The van der Waals surface area contributed by atoms with Crippen LogP contribution in [0.4, 0.5) is 0 Å². The molecule has 1 aromatic heterocycles. The monoisotopic (exact) mass is 542 g/mol. The number of hydrazone groups is 1. The van der Waals surface area contributed by atoms with Crippen molar-refractivity contribution in [2.24, 2.45) is 5.10 Å². The van der Waals surface area contributed by atoms with Gasteiger partial charge in [0.2, 0.25) is 6.79 Å². The zero-order valence-electron chi connectivity index (χ0n) is 22.0. The highest BCUT2D eigenvalue weighted by Gasteiger charge is 2.17. The van der Waals surface area contributed by atoms with E-state index in [0.29, 0.717) is 29.2 Å². The number of amides is 2. The van der Waals surface area contributed by atoms with Gasteiger partial charge in [-0.2, -0.15) is 5.10 Å². The van der Waals surface area contributed by atoms with E-state index in [9.17, 15) is 9.59 Å². The minimum absolute atomic E-state index is 0.0291. The minimum atomic E-state index is -0.573. The number of carbonyl (C=O) groups is 2. The summed E-state index contributed by atoms with van der Waals surface area (Å²) in [6.45, 7) is 0.840. The van der Waals surface area contributed by atoms with E-state index in [1.165, 1.54) is 5.56 Å². The van der Waals surface area contributed by atoms with Gasteiger partial charge in [-0.3, -0.25) is 9.59 Å². The summed E-state index contributed by atoms with van der Waals surface area (Å²) >= 11 is 0. The standard InChI is InChI=1S/C33H26N4O4/c38-32(25-11-5-2-6-12-25)35-28(17-24-15-16-30-31(18-24)41-22-40-30)33(39)36-34-19-26-21-37(20-23-9-3-1-4-10-23)29-14-8-7-13-27(26)29/h1-19,21H,20,22H2,(H,35,38)(H,36,39)/b28-17+,34-19+. The second-order valence-corrected chi connectivity index (χ2v) is 9.41. The molecule has 1 aliphatic rings. The lowest BCUT2D eigenvalue weighted by Gasteiger charge is -2.09. The third kappa shape index (κ3) is 5.86. The maximum atomic E-state index is 13.3. The van der Waals surface area contributed by atoms with Crippen LogP contribution in [0.5, 0.6) is 11.5 Å². The normalized spacial score (nSPS) is 12.5. The Labute approximate surface area is 236 Å². The average molecular weight is 543 g/mol. The van der Waals surface area contributed by atoms with E-state index in [-0.39, 0.29) is 12.5 Å². The Morgan fingerprint density at radius 1 is 0.854 bits per heavy atom. The lowest BCUT2D eigenvalue weighted by Crippen LogP contribution is -2.32. The molecule has 0 unspecified atom stereocenters. The summed E-state index contributed by atoms with van der Waals surface area (Å²) in [5, 5.41) is 7.97. The predicted molar refractivity (Wildman–Crippen MR) is 158 cm³/mol. The molecule has 0 saturated heterocycles. The number of nitrogens with zero attached hydrogens (tertiary/aromatic N) is 2. The highest BCUT2D eigenvalue weighted by atomic mass is 16.7. The number of rotatable bonds is 8. The topological polar surface area (TPSA) is 94.0 Å². The lowest BCUT2D eigenvalue weighted by atomic mass is 10.1. The summed E-state index contributed by atoms with van der Waals surface area (Å²) in [6, 6.07) is 32.2. The molecule has 8 nitrogen and oxygen atoms in total. The van der Waals surface area contributed by atoms with Gasteiger partial charge in [-0.25, -0.2) is 5.43 Å². The zero-order valence-corrected chi connectivity index (χ0v) is 22.0. The van der Waals surface area contributed by atoms with Gasteiger partial charge in [0.05, 0.1) is 6.21 Å². The molecule has 0 atom stereocenters. The van der Waals surface area contributed by atoms with Crippen LogP contribution in [0.25, 0.3) is 17.0 Å². The molecule has 6 rings (SSSR count). The number of benzene rings is 4. The third-order valence-electron chi connectivity index (χ3n) is 6.62. The Bertz CT molecular complexity index is 1780. The Morgan fingerprint density at radius 3 is 2.41 bits per heavy atom. The van der Waals surface area contributed by atoms with Crippen molar-refractivity contribution in [3.8, 4) is 11.5 Å². The first-order chi connectivity index (χ1) is 20.1. The van der Waals surface area contributed by atoms with Gasteiger partial charge in [0, 0.05) is 34.8 Å². The largest absolute Gasteiger partial charge is 0.454 e. The molecule has 2 heterocycles. The Morgan fingerprint density at radius 2 is 1.59 bits per heavy atom. The maximum Gasteiger partial charge on any atom is 0.287 e. The van der Waals surface area contributed by atoms with E-state index in [0.717, 1.165) is 16.5 Å². The van der Waals surface area contributed by atoms with E-state index < -0.39 is 11.8 Å². The molecule has 5 aromatic rings. The van der Waals surface area contributed by atoms with Crippen molar-refractivity contribution >= 4 is 35.0 Å². The number of aromatic nitrogens is 1. The second kappa shape index (κ2) is 11.6. The minimum Gasteiger partial charge on any atom is -0.454 e. The molecule has 41 heavy (non-hydrogen) atoms. The second-order valence-electron chi connectivity index (χ2n) is 9.41. The van der Waals surface area contributed by atoms with Crippen LogP contribution in [-0.4, -0.2) is 29.4 Å². The Hall–Kier alpha value is -5.63. The van der Waals surface area contributed by atoms with Crippen LogP contribution in [0, 0.1) is 0 Å². The number of nitrogens with one attached hydrogen (secondary N) is 2. The van der Waals surface area contributed by atoms with Gasteiger partial charge in [-0.05, 0) is 47.5 Å². The molecule has 2 N–H and O–H groups in total. The van der Waals surface area contributed by atoms with E-state index in [2.05, 4.69) is 38.6 Å². The van der Waals surface area contributed by atoms with Crippen molar-refractivity contribution < 1.29 is 19.1 Å². The number of hydrogen-bond donors (Lipinski definition) is 2. The Balaban J connectivity index is 1.24. The first kappa shape index (κ1) is 25.6. The van der Waals surface area contributed by atoms with Crippen molar-refractivity contribution in [1.29, 1.82) is 0 Å². The highest BCUT2D eigenvalue weighted by Crippen LogP contribution is 2.33. The SMILES string of the molecule is O=C(N/N=C/c1cn(Cc2ccccc2)c2ccccc12)/C(=C\c1ccc2c(c1)OCO2)NC(=O)c1ccccc1. The van der Waals surface area contributed by atoms with Crippen LogP contribution in [0.1, 0.15) is 27.0 Å². The summed E-state index contributed by atoms with van der Waals surface area (Å²) in [4.78, 5) is 26.2. The molecule has 0 fully saturated rings. The fourth-order valence-electron chi connectivity index (χ4n) is 4.62. The van der Waals surface area contributed by atoms with E-state index in [4.69, 9.17) is 9.47 Å². The first-order valence-corrected chi connectivity index (χ1v) is 13.1. The molecule has 1 aliphatic heterocycles. The molecule has 0 bridgehead atoms. The fraction of sp³-hybridized carbons (Fsp3) is 0.0606. The Kier molecular flexibility index (Phi) is 7.27. The smallest absolute Gasteiger partial charge is 0.287 e. The number of carbonyl (C=O) groups excluding carboxylic acids is 2. The molecule has 8 heteroatoms. The van der Waals surface area contributed by atoms with Crippen molar-refractivity contribution in [3.63, 3.8) is 0 Å². The van der Waals surface area contributed by atoms with Crippen LogP contribution in [-0.2, 0) is 11.3 Å². The molecule has 202 valence electrons. The molecule has 0 aliphatic carbocycles. The van der Waals surface area contributed by atoms with Crippen molar-refractivity contribution in [2.45, 2.75) is 6.54 Å². The number of fused-ring (bicyclic) bond motifs is 2. The van der Waals surface area contributed by atoms with Crippen LogP contribution >= 0.6 is 0 Å². The summed E-state index contributed by atoms with van der Waals surface area (Å²) in [7, 11) is 0. The van der Waals surface area contributed by atoms with E-state index in [1.807, 2.05) is 48.7 Å². The number of para-hydroxylation sites is 1. The average Bonchev–Trinajstić information content (AvgIpc) is 3.62. The quantitative estimate of drug-likeness (QED) is 0.157. The van der Waals surface area contributed by atoms with Gasteiger partial charge in [-0.1, -0.05) is 72.8 Å². The van der Waals surface area contributed by atoms with Crippen LogP contribution in [0.15, 0.2) is 120 Å². The van der Waals surface area contributed by atoms with Gasteiger partial charge in [-0.15, -0.1) is 0 Å². The zero-order chi connectivity index (χ0) is 28.0. The predicted octanol–water partition coefficient (Wildman–Crippen LogP) is 5.34. The van der Waals surface area contributed by atoms with Gasteiger partial charge < -0.3 is 19.4 Å². The van der Waals surface area contributed by atoms with Gasteiger partial charge in [0.15, 0.2) is 11.5 Å². The van der Waals surface area contributed by atoms with Gasteiger partial charge in [0.25, 0.3) is 11.8 Å². The van der Waals surface area contributed by atoms with Crippen molar-refractivity contribution in [3.05, 3.63) is 137 Å².